The van der Waals surface area contributed by atoms with Crippen molar-refractivity contribution in [1.29, 1.82) is 0 Å². The quantitative estimate of drug-likeness (QED) is 0.714. The number of esters is 1. The van der Waals surface area contributed by atoms with E-state index in [-0.39, 0.29) is 5.92 Å². The molecule has 4 aliphatic rings. The second kappa shape index (κ2) is 3.64. The molecular formula is C13H17F3O2. The number of carbonyl (C=O) groups is 1. The lowest BCUT2D eigenvalue weighted by molar-refractivity contribution is -0.191. The average Bonchev–Trinajstić information content (AvgIpc) is 2.57. The Bertz CT molecular complexity index is 375. The zero-order chi connectivity index (χ0) is 13.1. The highest BCUT2D eigenvalue weighted by Crippen LogP contribution is 2.63. The summed E-state index contributed by atoms with van der Waals surface area (Å²) in [5.74, 6) is 0.738. The molecule has 0 spiro atoms. The number of hydrogen-bond acceptors (Lipinski definition) is 2. The zero-order valence-electron chi connectivity index (χ0n) is 10.3. The van der Waals surface area contributed by atoms with E-state index in [4.69, 9.17) is 4.74 Å². The summed E-state index contributed by atoms with van der Waals surface area (Å²) in [6.45, 7) is 1.85. The second-order valence-corrected chi connectivity index (χ2v) is 6.32. The van der Waals surface area contributed by atoms with E-state index in [0.29, 0.717) is 17.8 Å². The number of halogens is 3. The molecule has 4 aliphatic carbocycles. The van der Waals surface area contributed by atoms with Crippen LogP contribution in [0, 0.1) is 23.7 Å². The molecular weight excluding hydrogens is 245 g/mol. The van der Waals surface area contributed by atoms with Crippen LogP contribution in [0.2, 0.25) is 0 Å². The summed E-state index contributed by atoms with van der Waals surface area (Å²) < 4.78 is 41.8. The van der Waals surface area contributed by atoms with Crippen LogP contribution in [0.3, 0.4) is 0 Å². The monoisotopic (exact) mass is 262 g/mol. The van der Waals surface area contributed by atoms with Gasteiger partial charge in [-0.3, -0.25) is 4.79 Å². The van der Waals surface area contributed by atoms with E-state index in [1.807, 2.05) is 6.92 Å². The van der Waals surface area contributed by atoms with Crippen molar-refractivity contribution in [1.82, 2.24) is 0 Å². The minimum atomic E-state index is -4.47. The normalized spacial score (nSPS) is 45.6. The zero-order valence-corrected chi connectivity index (χ0v) is 10.3. The van der Waals surface area contributed by atoms with Crippen LogP contribution in [0.1, 0.15) is 39.0 Å². The largest absolute Gasteiger partial charge is 0.459 e. The lowest BCUT2D eigenvalue weighted by atomic mass is 9.73. The fraction of sp³-hybridized carbons (Fsp3) is 0.923. The molecule has 0 aromatic rings. The van der Waals surface area contributed by atoms with E-state index < -0.39 is 24.2 Å². The Morgan fingerprint density at radius 2 is 2.00 bits per heavy atom. The smallest absolute Gasteiger partial charge is 0.399 e. The van der Waals surface area contributed by atoms with Gasteiger partial charge in [0.05, 0.1) is 0 Å². The molecule has 0 heterocycles. The third-order valence-corrected chi connectivity index (χ3v) is 5.22. The Morgan fingerprint density at radius 3 is 2.61 bits per heavy atom. The molecule has 0 N–H and O–H groups in total. The predicted molar refractivity (Wildman–Crippen MR) is 57.6 cm³/mol. The van der Waals surface area contributed by atoms with Crippen molar-refractivity contribution < 1.29 is 22.7 Å². The van der Waals surface area contributed by atoms with Gasteiger partial charge in [0, 0.05) is 5.92 Å². The van der Waals surface area contributed by atoms with Crippen LogP contribution < -0.4 is 0 Å². The maximum absolute atomic E-state index is 12.2. The van der Waals surface area contributed by atoms with Crippen molar-refractivity contribution in [2.75, 3.05) is 0 Å². The molecule has 5 atom stereocenters. The van der Waals surface area contributed by atoms with E-state index >= 15 is 0 Å². The van der Waals surface area contributed by atoms with Gasteiger partial charge in [-0.15, -0.1) is 0 Å². The molecule has 102 valence electrons. The molecule has 0 aromatic heterocycles. The summed E-state index contributed by atoms with van der Waals surface area (Å²) in [7, 11) is 0. The molecule has 0 aliphatic heterocycles. The van der Waals surface area contributed by atoms with E-state index in [1.165, 1.54) is 6.42 Å². The summed E-state index contributed by atoms with van der Waals surface area (Å²) in [5.41, 5.74) is -0.639. The molecule has 4 rings (SSSR count). The molecule has 0 aromatic carbocycles. The predicted octanol–water partition coefficient (Wildman–Crippen LogP) is 3.31. The van der Waals surface area contributed by atoms with Crippen molar-refractivity contribution in [3.63, 3.8) is 0 Å². The Kier molecular flexibility index (Phi) is 2.49. The second-order valence-electron chi connectivity index (χ2n) is 6.32. The van der Waals surface area contributed by atoms with Gasteiger partial charge in [-0.2, -0.15) is 13.2 Å². The molecule has 2 nitrogen and oxygen atoms in total. The molecule has 18 heavy (non-hydrogen) atoms. The third kappa shape index (κ3) is 1.82. The summed E-state index contributed by atoms with van der Waals surface area (Å²) in [6.07, 6.45) is -1.69. The fourth-order valence-corrected chi connectivity index (χ4v) is 4.63. The SMILES string of the molecule is CC1(OC(=O)CC(F)(F)F)C2CC3CC(C2)C1C3. The Morgan fingerprint density at radius 1 is 1.28 bits per heavy atom. The Hall–Kier alpha value is -0.740. The van der Waals surface area contributed by atoms with Crippen molar-refractivity contribution >= 4 is 5.97 Å². The minimum Gasteiger partial charge on any atom is -0.459 e. The first-order chi connectivity index (χ1) is 8.28. The minimum absolute atomic E-state index is 0.275. The average molecular weight is 262 g/mol. The van der Waals surface area contributed by atoms with Gasteiger partial charge in [0.2, 0.25) is 0 Å². The maximum atomic E-state index is 12.2. The topological polar surface area (TPSA) is 26.3 Å². The Labute approximate surface area is 104 Å². The van der Waals surface area contributed by atoms with Crippen LogP contribution >= 0.6 is 0 Å². The first kappa shape index (κ1) is 12.3. The molecule has 5 heteroatoms. The van der Waals surface area contributed by atoms with Gasteiger partial charge >= 0.3 is 12.1 Å². The van der Waals surface area contributed by atoms with Gasteiger partial charge in [-0.1, -0.05) is 0 Å². The van der Waals surface area contributed by atoms with Crippen LogP contribution in [0.5, 0.6) is 0 Å². The van der Waals surface area contributed by atoms with Crippen LogP contribution in [-0.4, -0.2) is 17.7 Å². The van der Waals surface area contributed by atoms with Crippen LogP contribution in [0.4, 0.5) is 13.2 Å². The first-order valence-electron chi connectivity index (χ1n) is 6.56. The summed E-state index contributed by atoms with van der Waals surface area (Å²) in [4.78, 5) is 11.4. The van der Waals surface area contributed by atoms with E-state index in [1.54, 1.807) is 0 Å². The first-order valence-corrected chi connectivity index (χ1v) is 6.56. The molecule has 4 fully saturated rings. The summed E-state index contributed by atoms with van der Waals surface area (Å²) in [5, 5.41) is 0. The summed E-state index contributed by atoms with van der Waals surface area (Å²) in [6, 6.07) is 0. The third-order valence-electron chi connectivity index (χ3n) is 5.22. The lowest BCUT2D eigenvalue weighted by Crippen LogP contribution is -2.45. The molecule has 4 saturated carbocycles. The van der Waals surface area contributed by atoms with Crippen molar-refractivity contribution in [3.05, 3.63) is 0 Å². The van der Waals surface area contributed by atoms with Gasteiger partial charge in [0.25, 0.3) is 0 Å². The highest BCUT2D eigenvalue weighted by atomic mass is 19.4. The van der Waals surface area contributed by atoms with E-state index in [0.717, 1.165) is 19.3 Å². The lowest BCUT2D eigenvalue weighted by Gasteiger charge is -2.41. The maximum Gasteiger partial charge on any atom is 0.399 e. The molecule has 4 bridgehead atoms. The van der Waals surface area contributed by atoms with E-state index in [2.05, 4.69) is 0 Å². The molecule has 0 saturated heterocycles. The van der Waals surface area contributed by atoms with Crippen LogP contribution in [-0.2, 0) is 9.53 Å². The number of rotatable bonds is 2. The van der Waals surface area contributed by atoms with Crippen LogP contribution in [0.15, 0.2) is 0 Å². The summed E-state index contributed by atoms with van der Waals surface area (Å²) >= 11 is 0. The van der Waals surface area contributed by atoms with Gasteiger partial charge in [0.1, 0.15) is 12.0 Å². The van der Waals surface area contributed by atoms with E-state index in [9.17, 15) is 18.0 Å². The van der Waals surface area contributed by atoms with Crippen molar-refractivity contribution in [2.24, 2.45) is 23.7 Å². The molecule has 0 amide bonds. The Balaban J connectivity index is 1.71. The number of alkyl halides is 3. The fourth-order valence-electron chi connectivity index (χ4n) is 4.63. The van der Waals surface area contributed by atoms with Gasteiger partial charge in [-0.05, 0) is 50.4 Å². The molecule has 0 radical (unpaired) electrons. The van der Waals surface area contributed by atoms with Gasteiger partial charge < -0.3 is 4.74 Å². The molecule has 5 unspecified atom stereocenters. The van der Waals surface area contributed by atoms with Crippen molar-refractivity contribution in [3.8, 4) is 0 Å². The number of hydrogen-bond donors (Lipinski definition) is 0. The van der Waals surface area contributed by atoms with Crippen molar-refractivity contribution in [2.45, 2.75) is 50.8 Å². The number of carbonyl (C=O) groups excluding carboxylic acids is 1. The van der Waals surface area contributed by atoms with Gasteiger partial charge in [-0.25, -0.2) is 0 Å². The van der Waals surface area contributed by atoms with Crippen LogP contribution in [0.25, 0.3) is 0 Å². The highest BCUT2D eigenvalue weighted by Gasteiger charge is 2.62. The number of ether oxygens (including phenoxy) is 1. The van der Waals surface area contributed by atoms with Gasteiger partial charge in [0.15, 0.2) is 0 Å². The standard InChI is InChI=1S/C13H17F3O2/c1-12(18-11(17)6-13(14,15)16)9-3-7-2-8(5-9)10(12)4-7/h7-10H,2-6H2,1H3. The highest BCUT2D eigenvalue weighted by molar-refractivity contribution is 5.70.